The lowest BCUT2D eigenvalue weighted by Gasteiger charge is -2.32. The van der Waals surface area contributed by atoms with Gasteiger partial charge in [0.25, 0.3) is 0 Å². The topological polar surface area (TPSA) is 150 Å². The fourth-order valence-corrected chi connectivity index (χ4v) is 7.87. The average Bonchev–Trinajstić information content (AvgIpc) is 3.92. The molecule has 11 atom stereocenters. The molecule has 2 saturated heterocycles. The van der Waals surface area contributed by atoms with Crippen LogP contribution in [0.2, 0.25) is 0 Å². The quantitative estimate of drug-likeness (QED) is 0.0820. The molecule has 0 spiro atoms. The summed E-state index contributed by atoms with van der Waals surface area (Å²) in [6.45, 7) is 15.2. The summed E-state index contributed by atoms with van der Waals surface area (Å²) in [6, 6.07) is 8.20. The number of carbonyl (C=O) groups excluding carboxylic acids is 2. The third-order valence-electron chi connectivity index (χ3n) is 11.4. The number of nitrogens with one attached hydrogen (secondary N) is 1. The van der Waals surface area contributed by atoms with E-state index in [4.69, 9.17) is 18.9 Å². The number of piperidine rings is 1. The number of nitrogens with zero attached hydrogens (tertiary/aromatic N) is 1. The molecule has 0 aliphatic carbocycles. The zero-order valence-corrected chi connectivity index (χ0v) is 33.7. The molecule has 1 aromatic carbocycles. The van der Waals surface area contributed by atoms with E-state index in [0.29, 0.717) is 12.1 Å². The number of benzene rings is 1. The van der Waals surface area contributed by atoms with Crippen molar-refractivity contribution in [3.05, 3.63) is 65.8 Å². The van der Waals surface area contributed by atoms with Crippen LogP contribution in [0.5, 0.6) is 0 Å². The van der Waals surface area contributed by atoms with Crippen molar-refractivity contribution in [3.63, 3.8) is 0 Å². The highest BCUT2D eigenvalue weighted by Gasteiger charge is 2.54. The number of cyclic esters (lactones) is 1. The second-order valence-electron chi connectivity index (χ2n) is 16.1. The maximum atomic E-state index is 13.0. The van der Waals surface area contributed by atoms with Crippen LogP contribution in [0.4, 0.5) is 5.69 Å². The van der Waals surface area contributed by atoms with Gasteiger partial charge in [-0.05, 0) is 88.6 Å². The van der Waals surface area contributed by atoms with Crippen LogP contribution >= 0.6 is 0 Å². The number of ether oxygens (including phenoxy) is 4. The van der Waals surface area contributed by atoms with Gasteiger partial charge in [0.1, 0.15) is 23.9 Å². The highest BCUT2D eigenvalue weighted by atomic mass is 16.6. The maximum Gasteiger partial charge on any atom is 0.309 e. The third-order valence-corrected chi connectivity index (χ3v) is 11.4. The summed E-state index contributed by atoms with van der Waals surface area (Å²) < 4.78 is 23.4. The molecule has 0 amide bonds. The van der Waals surface area contributed by atoms with E-state index in [1.165, 1.54) is 31.9 Å². The summed E-state index contributed by atoms with van der Waals surface area (Å²) in [4.78, 5) is 27.3. The minimum Gasteiger partial charge on any atom is -0.457 e. The molecule has 1 aromatic rings. The first-order valence-electron chi connectivity index (χ1n) is 19.9. The van der Waals surface area contributed by atoms with Crippen molar-refractivity contribution in [3.8, 4) is 0 Å². The van der Waals surface area contributed by atoms with E-state index < -0.39 is 47.5 Å². The fourth-order valence-electron chi connectivity index (χ4n) is 7.87. The van der Waals surface area contributed by atoms with E-state index >= 15 is 0 Å². The Balaban J connectivity index is 1.55. The molecular formula is C43H66N2O9. The van der Waals surface area contributed by atoms with E-state index in [-0.39, 0.29) is 49.4 Å². The lowest BCUT2D eigenvalue weighted by atomic mass is 9.87. The average molecular weight is 755 g/mol. The highest BCUT2D eigenvalue weighted by Crippen LogP contribution is 2.39. The van der Waals surface area contributed by atoms with Crippen molar-refractivity contribution in [2.24, 2.45) is 11.8 Å². The second kappa shape index (κ2) is 19.7. The number of methoxy groups -OCH3 is 1. The van der Waals surface area contributed by atoms with Gasteiger partial charge in [-0.25, -0.2) is 0 Å². The van der Waals surface area contributed by atoms with E-state index in [1.54, 1.807) is 51.3 Å². The third kappa shape index (κ3) is 12.2. The number of aliphatic hydroxyl groups is 3. The molecule has 4 N–H and O–H groups in total. The van der Waals surface area contributed by atoms with Gasteiger partial charge in [-0.2, -0.15) is 0 Å². The molecular weight excluding hydrogens is 688 g/mol. The molecule has 3 aliphatic heterocycles. The number of epoxide rings is 1. The molecule has 2 fully saturated rings. The van der Waals surface area contributed by atoms with Crippen molar-refractivity contribution in [2.45, 2.75) is 154 Å². The molecule has 54 heavy (non-hydrogen) atoms. The number of carbonyl (C=O) groups is 2. The molecule has 3 heterocycles. The van der Waals surface area contributed by atoms with E-state index in [1.807, 2.05) is 13.8 Å². The highest BCUT2D eigenvalue weighted by molar-refractivity contribution is 5.70. The van der Waals surface area contributed by atoms with Crippen molar-refractivity contribution in [2.75, 3.05) is 25.1 Å². The normalized spacial score (nSPS) is 32.0. The van der Waals surface area contributed by atoms with Gasteiger partial charge < -0.3 is 44.5 Å². The van der Waals surface area contributed by atoms with Crippen LogP contribution in [0.25, 0.3) is 0 Å². The Morgan fingerprint density at radius 2 is 1.83 bits per heavy atom. The van der Waals surface area contributed by atoms with Gasteiger partial charge in [-0.3, -0.25) is 9.59 Å². The molecule has 0 radical (unpaired) electrons. The molecule has 0 bridgehead atoms. The first-order valence-corrected chi connectivity index (χ1v) is 19.9. The predicted octanol–water partition coefficient (Wildman–Crippen LogP) is 5.55. The van der Waals surface area contributed by atoms with Crippen LogP contribution in [0.1, 0.15) is 99.0 Å². The van der Waals surface area contributed by atoms with Crippen molar-refractivity contribution in [1.82, 2.24) is 5.32 Å². The number of aliphatic hydroxyl groups excluding tert-OH is 1. The maximum absolute atomic E-state index is 13.0. The Bertz CT molecular complexity index is 1440. The van der Waals surface area contributed by atoms with Gasteiger partial charge >= 0.3 is 11.9 Å². The lowest BCUT2D eigenvalue weighted by Crippen LogP contribution is -2.52. The summed E-state index contributed by atoms with van der Waals surface area (Å²) in [5.41, 5.74) is 0.262. The summed E-state index contributed by atoms with van der Waals surface area (Å²) in [7, 11) is 1.72. The minimum absolute atomic E-state index is 0.0373. The molecule has 11 heteroatoms. The monoisotopic (exact) mass is 754 g/mol. The van der Waals surface area contributed by atoms with Crippen molar-refractivity contribution >= 4 is 17.6 Å². The van der Waals surface area contributed by atoms with Crippen LogP contribution in [0.15, 0.2) is 60.2 Å². The van der Waals surface area contributed by atoms with E-state index in [9.17, 15) is 24.9 Å². The molecule has 302 valence electrons. The molecule has 0 aromatic heterocycles. The molecule has 11 nitrogen and oxygen atoms in total. The van der Waals surface area contributed by atoms with Crippen LogP contribution in [0, 0.1) is 11.8 Å². The van der Waals surface area contributed by atoms with Gasteiger partial charge in [0.15, 0.2) is 0 Å². The Morgan fingerprint density at radius 3 is 2.46 bits per heavy atom. The zero-order chi connectivity index (χ0) is 39.6. The van der Waals surface area contributed by atoms with Gasteiger partial charge in [0.05, 0.1) is 36.4 Å². The van der Waals surface area contributed by atoms with Crippen LogP contribution in [0.3, 0.4) is 0 Å². The molecule has 0 saturated carbocycles. The Kier molecular flexibility index (Phi) is 15.9. The predicted molar refractivity (Wildman–Crippen MR) is 210 cm³/mol. The summed E-state index contributed by atoms with van der Waals surface area (Å²) in [5, 5.41) is 37.4. The van der Waals surface area contributed by atoms with Crippen LogP contribution in [-0.2, 0) is 35.1 Å². The standard InChI is InChI=1S/C43H66N2O9/c1-9-35(51-8)30(4)39-40(54-39)41(44-27-32-16-18-33(19-17-32)45-24-11-10-12-25-45)43(7,50)22-13-14-28(2)38-29(3)15-20-36(52-31(5)46)42(6,49)23-21-34(47)26-37(48)53-38/h13-20,22,29-30,34-36,38-41,44,47,49-50H,9-12,21,23-27H2,1-8H3/b20-15+,22-13+,28-14+/t29-,30+,34+,35-,36-,38+,39+,40-,41?,42+,43?/m0/s1. The lowest BCUT2D eigenvalue weighted by molar-refractivity contribution is -0.157. The second-order valence-corrected chi connectivity index (χ2v) is 16.1. The number of rotatable bonds is 14. The van der Waals surface area contributed by atoms with E-state index in [0.717, 1.165) is 25.1 Å². The number of hydrogen-bond acceptors (Lipinski definition) is 11. The Morgan fingerprint density at radius 1 is 1.15 bits per heavy atom. The first-order chi connectivity index (χ1) is 25.6. The van der Waals surface area contributed by atoms with Crippen LogP contribution < -0.4 is 10.2 Å². The SMILES string of the molecule is CC[C@H](OC)[C@@H](C)[C@H]1O[C@@H]1C(NCc1ccc(N2CCCCC2)cc1)C(C)(O)/C=C/C=C(\C)[C@H]1OC(=O)C[C@H](O)CC[C@@](C)(O)[C@@H](OC(C)=O)/C=C/[C@@H]1C. The Hall–Kier alpha value is -3.06. The van der Waals surface area contributed by atoms with Crippen molar-refractivity contribution < 1.29 is 43.9 Å². The van der Waals surface area contributed by atoms with Gasteiger partial charge in [-0.1, -0.05) is 57.2 Å². The summed E-state index contributed by atoms with van der Waals surface area (Å²) in [5.74, 6) is -1.35. The largest absolute Gasteiger partial charge is 0.457 e. The molecule has 4 rings (SSSR count). The number of allylic oxidation sites excluding steroid dienone is 2. The molecule has 3 aliphatic rings. The minimum atomic E-state index is -1.45. The first kappa shape index (κ1) is 43.7. The number of anilines is 1. The summed E-state index contributed by atoms with van der Waals surface area (Å²) >= 11 is 0. The van der Waals surface area contributed by atoms with E-state index in [2.05, 4.69) is 48.3 Å². The number of esters is 2. The zero-order valence-electron chi connectivity index (χ0n) is 33.7. The van der Waals surface area contributed by atoms with Gasteiger partial charge in [-0.15, -0.1) is 0 Å². The van der Waals surface area contributed by atoms with Crippen molar-refractivity contribution in [1.29, 1.82) is 0 Å². The van der Waals surface area contributed by atoms with Crippen LogP contribution in [-0.4, -0.2) is 101 Å². The summed E-state index contributed by atoms with van der Waals surface area (Å²) in [6.07, 6.45) is 10.3. The molecule has 2 unspecified atom stereocenters. The smallest absolute Gasteiger partial charge is 0.309 e. The number of hydrogen-bond donors (Lipinski definition) is 4. The Labute approximate surface area is 322 Å². The fraction of sp³-hybridized carbons (Fsp3) is 0.674. The van der Waals surface area contributed by atoms with Gasteiger partial charge in [0.2, 0.25) is 0 Å². The van der Waals surface area contributed by atoms with Gasteiger partial charge in [0, 0.05) is 51.2 Å².